The molecule has 9 heteroatoms. The maximum Gasteiger partial charge on any atom is 0.307 e. The Morgan fingerprint density at radius 3 is 3.00 bits per heavy atom. The summed E-state index contributed by atoms with van der Waals surface area (Å²) in [7, 11) is 1.79. The van der Waals surface area contributed by atoms with Gasteiger partial charge in [-0.2, -0.15) is 5.10 Å². The molecule has 3 aromatic heterocycles. The maximum atomic E-state index is 11.5. The topological polar surface area (TPSA) is 104 Å². The van der Waals surface area contributed by atoms with Gasteiger partial charge in [0.05, 0.1) is 18.1 Å². The van der Waals surface area contributed by atoms with Crippen molar-refractivity contribution in [2.75, 3.05) is 5.43 Å². The molecule has 0 atom stereocenters. The van der Waals surface area contributed by atoms with E-state index in [4.69, 9.17) is 5.84 Å². The molecule has 0 aliphatic carbocycles. The lowest BCUT2D eigenvalue weighted by molar-refractivity contribution is 0.727. The van der Waals surface area contributed by atoms with E-state index in [9.17, 15) is 4.79 Å². The summed E-state index contributed by atoms with van der Waals surface area (Å²) in [6.45, 7) is 0.304. The van der Waals surface area contributed by atoms with Crippen LogP contribution in [0.25, 0.3) is 11.0 Å². The summed E-state index contributed by atoms with van der Waals surface area (Å²) in [5, 5.41) is 6.58. The summed E-state index contributed by atoms with van der Waals surface area (Å²) in [5.41, 5.74) is 3.20. The Labute approximate surface area is 111 Å². The number of aryl methyl sites for hydroxylation is 1. The Morgan fingerprint density at radius 1 is 1.47 bits per heavy atom. The molecule has 0 saturated heterocycles. The Kier molecular flexibility index (Phi) is 2.76. The van der Waals surface area contributed by atoms with Gasteiger partial charge in [-0.05, 0) is 0 Å². The lowest BCUT2D eigenvalue weighted by Gasteiger charge is -2.05. The number of hydrogen-bond acceptors (Lipinski definition) is 7. The van der Waals surface area contributed by atoms with Crippen molar-refractivity contribution in [3.8, 4) is 0 Å². The first-order valence-corrected chi connectivity index (χ1v) is 6.36. The highest BCUT2D eigenvalue weighted by Crippen LogP contribution is 2.18. The number of nitrogens with zero attached hydrogens (tertiary/aromatic N) is 5. The predicted octanol–water partition coefficient (Wildman–Crippen LogP) is -0.0796. The number of fused-ring (bicyclic) bond motifs is 1. The van der Waals surface area contributed by atoms with Gasteiger partial charge in [0, 0.05) is 18.6 Å². The van der Waals surface area contributed by atoms with Crippen LogP contribution in [-0.4, -0.2) is 24.3 Å². The molecular formula is C10H11N7OS. The van der Waals surface area contributed by atoms with Crippen LogP contribution in [0, 0.1) is 0 Å². The predicted molar refractivity (Wildman–Crippen MR) is 71.8 cm³/mol. The number of thiazole rings is 1. The molecule has 0 radical (unpaired) electrons. The first kappa shape index (κ1) is 11.8. The minimum Gasteiger partial charge on any atom is -0.308 e. The molecule has 3 N–H and O–H groups in total. The fraction of sp³-hybridized carbons (Fsp3) is 0.200. The molecule has 0 spiro atoms. The van der Waals surface area contributed by atoms with Gasteiger partial charge in [-0.15, -0.1) is 0 Å². The highest BCUT2D eigenvalue weighted by Gasteiger charge is 2.11. The summed E-state index contributed by atoms with van der Waals surface area (Å²) < 4.78 is 3.18. The fourth-order valence-corrected chi connectivity index (χ4v) is 2.39. The van der Waals surface area contributed by atoms with Crippen LogP contribution >= 0.6 is 11.3 Å². The largest absolute Gasteiger partial charge is 0.308 e. The molecule has 0 aliphatic rings. The van der Waals surface area contributed by atoms with Crippen LogP contribution in [0.5, 0.6) is 0 Å². The second-order valence-corrected chi connectivity index (χ2v) is 4.79. The van der Waals surface area contributed by atoms with Crippen LogP contribution < -0.4 is 16.1 Å². The monoisotopic (exact) mass is 277 g/mol. The van der Waals surface area contributed by atoms with Crippen molar-refractivity contribution >= 4 is 28.2 Å². The number of hydrogen-bond donors (Lipinski definition) is 2. The minimum atomic E-state index is -0.0454. The molecule has 0 saturated carbocycles. The normalized spacial score (nSPS) is 11.1. The van der Waals surface area contributed by atoms with Gasteiger partial charge in [-0.1, -0.05) is 11.3 Å². The molecular weight excluding hydrogens is 266 g/mol. The number of anilines is 1. The van der Waals surface area contributed by atoms with Gasteiger partial charge in [0.1, 0.15) is 0 Å². The third-order valence-electron chi connectivity index (χ3n) is 2.73. The van der Waals surface area contributed by atoms with Crippen molar-refractivity contribution in [3.63, 3.8) is 0 Å². The van der Waals surface area contributed by atoms with Crippen molar-refractivity contribution in [1.82, 2.24) is 24.3 Å². The second kappa shape index (κ2) is 4.44. The summed E-state index contributed by atoms with van der Waals surface area (Å²) >= 11 is 1.14. The van der Waals surface area contributed by atoms with Gasteiger partial charge in [0.15, 0.2) is 17.3 Å². The number of nitrogen functional groups attached to an aromatic ring is 1. The van der Waals surface area contributed by atoms with Crippen LogP contribution in [0.4, 0.5) is 5.82 Å². The zero-order valence-electron chi connectivity index (χ0n) is 10.1. The van der Waals surface area contributed by atoms with Crippen LogP contribution in [0.1, 0.15) is 5.82 Å². The van der Waals surface area contributed by atoms with Crippen molar-refractivity contribution in [1.29, 1.82) is 0 Å². The summed E-state index contributed by atoms with van der Waals surface area (Å²) in [6, 6.07) is 0. The molecule has 0 unspecified atom stereocenters. The SMILES string of the molecule is Cn1ncc2c(NN)nc(Cn3ccsc3=O)nc21. The lowest BCUT2D eigenvalue weighted by atomic mass is 10.4. The molecule has 8 nitrogen and oxygen atoms in total. The smallest absolute Gasteiger partial charge is 0.307 e. The van der Waals surface area contributed by atoms with E-state index in [1.165, 1.54) is 0 Å². The molecule has 0 bridgehead atoms. The molecule has 0 amide bonds. The Balaban J connectivity index is 2.11. The van der Waals surface area contributed by atoms with Crippen LogP contribution in [0.2, 0.25) is 0 Å². The number of nitrogens with one attached hydrogen (secondary N) is 1. The third kappa shape index (κ3) is 1.98. The fourth-order valence-electron chi connectivity index (χ4n) is 1.81. The first-order valence-electron chi connectivity index (χ1n) is 5.48. The van der Waals surface area contributed by atoms with E-state index in [1.54, 1.807) is 34.1 Å². The van der Waals surface area contributed by atoms with E-state index < -0.39 is 0 Å². The first-order chi connectivity index (χ1) is 9.19. The summed E-state index contributed by atoms with van der Waals surface area (Å²) in [5.74, 6) is 6.45. The van der Waals surface area contributed by atoms with Gasteiger partial charge in [0.2, 0.25) is 0 Å². The van der Waals surface area contributed by atoms with Crippen LogP contribution in [0.3, 0.4) is 0 Å². The molecule has 0 aromatic carbocycles. The molecule has 3 aromatic rings. The van der Waals surface area contributed by atoms with Gasteiger partial charge >= 0.3 is 4.87 Å². The standard InChI is InChI=1S/C10H11N7OS/c1-16-9-6(4-12-16)8(15-11)13-7(14-9)5-17-2-3-19-10(17)18/h2-4H,5,11H2,1H3,(H,13,14,15). The van der Waals surface area contributed by atoms with Crippen molar-refractivity contribution in [2.24, 2.45) is 12.9 Å². The lowest BCUT2D eigenvalue weighted by Crippen LogP contribution is -2.17. The molecule has 98 valence electrons. The molecule has 19 heavy (non-hydrogen) atoms. The van der Waals surface area contributed by atoms with E-state index in [2.05, 4.69) is 20.5 Å². The van der Waals surface area contributed by atoms with Crippen LogP contribution in [-0.2, 0) is 13.6 Å². The van der Waals surface area contributed by atoms with E-state index in [0.717, 1.165) is 16.7 Å². The average molecular weight is 277 g/mol. The zero-order valence-corrected chi connectivity index (χ0v) is 10.9. The average Bonchev–Trinajstić information content (AvgIpc) is 2.97. The number of hydrazine groups is 1. The highest BCUT2D eigenvalue weighted by molar-refractivity contribution is 7.07. The molecule has 3 heterocycles. The van der Waals surface area contributed by atoms with Gasteiger partial charge in [-0.3, -0.25) is 14.0 Å². The zero-order chi connectivity index (χ0) is 13.4. The van der Waals surface area contributed by atoms with Crippen molar-refractivity contribution in [3.05, 3.63) is 33.3 Å². The van der Waals surface area contributed by atoms with E-state index in [-0.39, 0.29) is 4.87 Å². The van der Waals surface area contributed by atoms with E-state index in [1.807, 2.05) is 0 Å². The number of aromatic nitrogens is 5. The quantitative estimate of drug-likeness (QED) is 0.512. The third-order valence-corrected chi connectivity index (χ3v) is 3.43. The highest BCUT2D eigenvalue weighted by atomic mass is 32.1. The van der Waals surface area contributed by atoms with Crippen LogP contribution in [0.15, 0.2) is 22.6 Å². The van der Waals surface area contributed by atoms with Crippen molar-refractivity contribution < 1.29 is 0 Å². The molecule has 0 fully saturated rings. The minimum absolute atomic E-state index is 0.0454. The Hall–Kier alpha value is -2.26. The van der Waals surface area contributed by atoms with Crippen molar-refractivity contribution in [2.45, 2.75) is 6.54 Å². The second-order valence-electron chi connectivity index (χ2n) is 3.94. The Morgan fingerprint density at radius 2 is 2.32 bits per heavy atom. The summed E-state index contributed by atoms with van der Waals surface area (Å²) in [6.07, 6.45) is 3.35. The number of rotatable bonds is 3. The van der Waals surface area contributed by atoms with Gasteiger partial charge in [0.25, 0.3) is 0 Å². The summed E-state index contributed by atoms with van der Waals surface area (Å²) in [4.78, 5) is 20.2. The van der Waals surface area contributed by atoms with Gasteiger partial charge < -0.3 is 5.43 Å². The van der Waals surface area contributed by atoms with Gasteiger partial charge in [-0.25, -0.2) is 15.8 Å². The molecule has 0 aliphatic heterocycles. The van der Waals surface area contributed by atoms with E-state index in [0.29, 0.717) is 23.8 Å². The maximum absolute atomic E-state index is 11.5. The Bertz CT molecular complexity index is 787. The van der Waals surface area contributed by atoms with E-state index >= 15 is 0 Å². The number of nitrogens with two attached hydrogens (primary N) is 1. The molecule has 3 rings (SSSR count).